The van der Waals surface area contributed by atoms with Gasteiger partial charge in [0.15, 0.2) is 5.44 Å². The van der Waals surface area contributed by atoms with Crippen LogP contribution in [0, 0.1) is 0 Å². The average molecular weight is 250 g/mol. The van der Waals surface area contributed by atoms with Gasteiger partial charge in [-0.25, -0.2) is 0 Å². The molecule has 1 rings (SSSR count). The van der Waals surface area contributed by atoms with Crippen molar-refractivity contribution in [1.82, 2.24) is 0 Å². The first-order valence-electron chi connectivity index (χ1n) is 5.01. The number of rotatable bonds is 5. The predicted octanol–water partition coefficient (Wildman–Crippen LogP) is 0.667. The fraction of sp³-hybridized carbons (Fsp3) is 0.900. The molecule has 1 unspecified atom stereocenters. The molecular weight excluding hydrogens is 232 g/mol. The summed E-state index contributed by atoms with van der Waals surface area (Å²) in [4.78, 5) is 11.0. The standard InChI is InChI=1S/C10H18O5S/c1-6(11)15-10-9(14-4)8(13-3)7(16-10)5-12-2/h7-10H,5H2,1-4H3/t7-,8-,9+,10?/m1/s1. The van der Waals surface area contributed by atoms with Crippen LogP contribution in [0.4, 0.5) is 0 Å². The molecular formula is C10H18O5S. The zero-order valence-corrected chi connectivity index (χ0v) is 10.8. The van der Waals surface area contributed by atoms with Crippen molar-refractivity contribution < 1.29 is 23.7 Å². The van der Waals surface area contributed by atoms with Crippen LogP contribution in [0.25, 0.3) is 0 Å². The van der Waals surface area contributed by atoms with Crippen LogP contribution in [0.3, 0.4) is 0 Å². The number of esters is 1. The maximum absolute atomic E-state index is 11.0. The number of thioether (sulfide) groups is 1. The molecule has 0 bridgehead atoms. The van der Waals surface area contributed by atoms with Gasteiger partial charge < -0.3 is 18.9 Å². The zero-order valence-electron chi connectivity index (χ0n) is 9.97. The number of carbonyl (C=O) groups excluding carboxylic acids is 1. The van der Waals surface area contributed by atoms with E-state index in [1.807, 2.05) is 0 Å². The van der Waals surface area contributed by atoms with Crippen molar-refractivity contribution >= 4 is 17.7 Å². The summed E-state index contributed by atoms with van der Waals surface area (Å²) in [6, 6.07) is 0. The quantitative estimate of drug-likeness (QED) is 0.668. The largest absolute Gasteiger partial charge is 0.449 e. The molecule has 0 spiro atoms. The molecule has 0 aromatic carbocycles. The average Bonchev–Trinajstić information content (AvgIpc) is 2.54. The van der Waals surface area contributed by atoms with E-state index in [1.165, 1.54) is 18.7 Å². The minimum Gasteiger partial charge on any atom is -0.449 e. The zero-order chi connectivity index (χ0) is 12.1. The summed E-state index contributed by atoms with van der Waals surface area (Å²) in [5.74, 6) is -0.313. The SMILES string of the molecule is COC[C@H]1SC(OC(C)=O)[C@@H](OC)[C@@H]1OC. The van der Waals surface area contributed by atoms with E-state index in [9.17, 15) is 4.79 Å². The lowest BCUT2D eigenvalue weighted by molar-refractivity contribution is -0.150. The molecule has 0 aliphatic carbocycles. The number of methoxy groups -OCH3 is 3. The molecule has 0 saturated carbocycles. The van der Waals surface area contributed by atoms with Gasteiger partial charge in [0.1, 0.15) is 12.2 Å². The van der Waals surface area contributed by atoms with Crippen LogP contribution in [0.2, 0.25) is 0 Å². The molecule has 1 aliphatic heterocycles. The molecule has 5 nitrogen and oxygen atoms in total. The highest BCUT2D eigenvalue weighted by Gasteiger charge is 2.46. The summed E-state index contributed by atoms with van der Waals surface area (Å²) in [6.45, 7) is 1.93. The summed E-state index contributed by atoms with van der Waals surface area (Å²) in [5.41, 5.74) is -0.326. The van der Waals surface area contributed by atoms with Gasteiger partial charge >= 0.3 is 5.97 Å². The topological polar surface area (TPSA) is 54.0 Å². The third-order valence-corrected chi connectivity index (χ3v) is 3.81. The van der Waals surface area contributed by atoms with E-state index in [1.54, 1.807) is 21.3 Å². The van der Waals surface area contributed by atoms with Crippen molar-refractivity contribution in [3.63, 3.8) is 0 Å². The normalized spacial score (nSPS) is 34.0. The van der Waals surface area contributed by atoms with E-state index in [-0.39, 0.29) is 28.9 Å². The second-order valence-electron chi connectivity index (χ2n) is 3.51. The fourth-order valence-corrected chi connectivity index (χ4v) is 3.37. The molecule has 0 aromatic heterocycles. The van der Waals surface area contributed by atoms with Crippen molar-refractivity contribution in [2.45, 2.75) is 29.8 Å². The van der Waals surface area contributed by atoms with Crippen LogP contribution in [-0.4, -0.2) is 56.8 Å². The lowest BCUT2D eigenvalue weighted by Crippen LogP contribution is -2.38. The highest BCUT2D eigenvalue weighted by Crippen LogP contribution is 2.38. The van der Waals surface area contributed by atoms with E-state index in [0.717, 1.165) is 0 Å². The van der Waals surface area contributed by atoms with E-state index in [2.05, 4.69) is 0 Å². The predicted molar refractivity (Wildman–Crippen MR) is 60.4 cm³/mol. The molecule has 94 valence electrons. The summed E-state index contributed by atoms with van der Waals surface area (Å²) in [5, 5.41) is 0.115. The lowest BCUT2D eigenvalue weighted by Gasteiger charge is -2.22. The van der Waals surface area contributed by atoms with Gasteiger partial charge in [-0.3, -0.25) is 4.79 Å². The fourth-order valence-electron chi connectivity index (χ4n) is 1.78. The highest BCUT2D eigenvalue weighted by atomic mass is 32.2. The van der Waals surface area contributed by atoms with Crippen LogP contribution in [0.1, 0.15) is 6.92 Å². The van der Waals surface area contributed by atoms with Crippen LogP contribution in [0.5, 0.6) is 0 Å². The molecule has 1 saturated heterocycles. The number of hydrogen-bond acceptors (Lipinski definition) is 6. The van der Waals surface area contributed by atoms with Crippen molar-refractivity contribution in [1.29, 1.82) is 0 Å². The number of ether oxygens (including phenoxy) is 4. The highest BCUT2D eigenvalue weighted by molar-refractivity contribution is 8.00. The molecule has 6 heteroatoms. The van der Waals surface area contributed by atoms with Crippen molar-refractivity contribution in [2.75, 3.05) is 27.9 Å². The minimum atomic E-state index is -0.326. The van der Waals surface area contributed by atoms with Crippen molar-refractivity contribution in [2.24, 2.45) is 0 Å². The van der Waals surface area contributed by atoms with E-state index in [4.69, 9.17) is 18.9 Å². The van der Waals surface area contributed by atoms with Gasteiger partial charge in [-0.15, -0.1) is 11.8 Å². The van der Waals surface area contributed by atoms with Gasteiger partial charge in [0.05, 0.1) is 11.9 Å². The Morgan fingerprint density at radius 1 is 1.19 bits per heavy atom. The molecule has 0 amide bonds. The van der Waals surface area contributed by atoms with E-state index in [0.29, 0.717) is 6.61 Å². The molecule has 0 aromatic rings. The van der Waals surface area contributed by atoms with Crippen LogP contribution in [-0.2, 0) is 23.7 Å². The Morgan fingerprint density at radius 2 is 1.81 bits per heavy atom. The molecule has 0 N–H and O–H groups in total. The van der Waals surface area contributed by atoms with Gasteiger partial charge in [-0.1, -0.05) is 0 Å². The summed E-state index contributed by atoms with van der Waals surface area (Å²) >= 11 is 1.51. The Kier molecular flexibility index (Phi) is 5.54. The van der Waals surface area contributed by atoms with Crippen LogP contribution in [0.15, 0.2) is 0 Å². The number of hydrogen-bond donors (Lipinski definition) is 0. The van der Waals surface area contributed by atoms with Crippen LogP contribution < -0.4 is 0 Å². The Bertz CT molecular complexity index is 235. The smallest absolute Gasteiger partial charge is 0.303 e. The molecule has 4 atom stereocenters. The first-order chi connectivity index (χ1) is 7.63. The van der Waals surface area contributed by atoms with Gasteiger partial charge in [-0.05, 0) is 0 Å². The minimum absolute atomic E-state index is 0.115. The van der Waals surface area contributed by atoms with Crippen LogP contribution >= 0.6 is 11.8 Å². The molecule has 0 radical (unpaired) electrons. The second kappa shape index (κ2) is 6.44. The Hall–Kier alpha value is -0.300. The van der Waals surface area contributed by atoms with Gasteiger partial charge in [-0.2, -0.15) is 0 Å². The first kappa shape index (κ1) is 13.8. The monoisotopic (exact) mass is 250 g/mol. The first-order valence-corrected chi connectivity index (χ1v) is 5.95. The van der Waals surface area contributed by atoms with Gasteiger partial charge in [0.2, 0.25) is 0 Å². The maximum Gasteiger partial charge on any atom is 0.303 e. The third kappa shape index (κ3) is 3.10. The van der Waals surface area contributed by atoms with E-state index >= 15 is 0 Å². The Labute approximate surface area is 99.8 Å². The second-order valence-corrected chi connectivity index (χ2v) is 4.85. The van der Waals surface area contributed by atoms with Gasteiger partial charge in [0, 0.05) is 28.3 Å². The third-order valence-electron chi connectivity index (χ3n) is 2.42. The van der Waals surface area contributed by atoms with E-state index < -0.39 is 0 Å². The summed E-state index contributed by atoms with van der Waals surface area (Å²) in [7, 11) is 4.84. The lowest BCUT2D eigenvalue weighted by atomic mass is 10.1. The van der Waals surface area contributed by atoms with Crippen molar-refractivity contribution in [3.05, 3.63) is 0 Å². The summed E-state index contributed by atoms with van der Waals surface area (Å²) in [6.07, 6.45) is -0.377. The Balaban J connectivity index is 2.69. The maximum atomic E-state index is 11.0. The number of carbonyl (C=O) groups is 1. The molecule has 1 aliphatic rings. The Morgan fingerprint density at radius 3 is 2.25 bits per heavy atom. The van der Waals surface area contributed by atoms with Crippen molar-refractivity contribution in [3.8, 4) is 0 Å². The molecule has 1 fully saturated rings. The summed E-state index contributed by atoms with van der Waals surface area (Å²) < 4.78 is 21.0. The molecule has 1 heterocycles. The van der Waals surface area contributed by atoms with Gasteiger partial charge in [0.25, 0.3) is 0 Å². The molecule has 16 heavy (non-hydrogen) atoms.